The van der Waals surface area contributed by atoms with Gasteiger partial charge in [-0.3, -0.25) is 4.57 Å². The topological polar surface area (TPSA) is 44.9 Å². The van der Waals surface area contributed by atoms with Gasteiger partial charge in [-0.25, -0.2) is 9.67 Å². The molecule has 4 aromatic carbocycles. The monoisotopic (exact) mass is 646 g/mol. The van der Waals surface area contributed by atoms with Crippen molar-refractivity contribution < 1.29 is 4.74 Å². The lowest BCUT2D eigenvalue weighted by Crippen LogP contribution is -2.06. The first kappa shape index (κ1) is 32.4. The molecule has 0 amide bonds. The maximum absolute atomic E-state index is 6.77. The molecule has 0 aliphatic rings. The molecule has 0 N–H and O–H groups in total. The number of hydrogen-bond donors (Lipinski definition) is 0. The number of para-hydroxylation sites is 1. The Kier molecular flexibility index (Phi) is 8.40. The van der Waals surface area contributed by atoms with E-state index in [4.69, 9.17) is 14.8 Å². The molecule has 0 fully saturated rings. The van der Waals surface area contributed by atoms with E-state index < -0.39 is 0 Å². The van der Waals surface area contributed by atoms with Gasteiger partial charge < -0.3 is 4.74 Å². The predicted octanol–water partition coefficient (Wildman–Crippen LogP) is 11.9. The number of rotatable bonds is 8. The van der Waals surface area contributed by atoms with Gasteiger partial charge in [0.25, 0.3) is 0 Å². The first-order chi connectivity index (χ1) is 23.5. The Morgan fingerprint density at radius 2 is 1.43 bits per heavy atom. The smallest absolute Gasteiger partial charge is 0.137 e. The molecule has 0 saturated carbocycles. The van der Waals surface area contributed by atoms with Crippen molar-refractivity contribution in [1.29, 1.82) is 0 Å². The van der Waals surface area contributed by atoms with Crippen LogP contribution < -0.4 is 4.74 Å². The molecule has 7 rings (SSSR count). The van der Waals surface area contributed by atoms with E-state index in [1.165, 1.54) is 55.4 Å². The Morgan fingerprint density at radius 1 is 0.694 bits per heavy atom. The van der Waals surface area contributed by atoms with Crippen molar-refractivity contribution in [1.82, 2.24) is 19.3 Å². The maximum Gasteiger partial charge on any atom is 0.137 e. The first-order valence-electron chi connectivity index (χ1n) is 17.5. The molecule has 49 heavy (non-hydrogen) atoms. The molecule has 0 aliphatic carbocycles. The van der Waals surface area contributed by atoms with Gasteiger partial charge in [0.1, 0.15) is 17.3 Å². The summed E-state index contributed by atoms with van der Waals surface area (Å²) in [4.78, 5) is 4.80. The number of aromatic nitrogens is 4. The number of fused-ring (bicyclic) bond motifs is 3. The van der Waals surface area contributed by atoms with Gasteiger partial charge in [0, 0.05) is 34.7 Å². The van der Waals surface area contributed by atoms with Crippen LogP contribution in [0.3, 0.4) is 0 Å². The standard InChI is InChI=1S/C44H46N4O/c1-10-32-17-18-45-41(21-32)47-39-14-12-11-13-37(39)38-16-15-35(25-40(38)47)49-36-23-33(26(2)3)22-34(24-36)48-44(27(4)5)43(31(9)46-48)42-29(7)19-28(6)20-30(42)8/h11-27H,10H2,1-9H3. The number of nitrogens with zero attached hydrogens (tertiary/aromatic N) is 4. The number of benzene rings is 4. The van der Waals surface area contributed by atoms with E-state index in [2.05, 4.69) is 156 Å². The van der Waals surface area contributed by atoms with Crippen LogP contribution in [0.1, 0.15) is 85.7 Å². The summed E-state index contributed by atoms with van der Waals surface area (Å²) in [5, 5.41) is 7.58. The molecule has 5 nitrogen and oxygen atoms in total. The molecule has 0 bridgehead atoms. The van der Waals surface area contributed by atoms with Crippen LogP contribution in [0.2, 0.25) is 0 Å². The fourth-order valence-corrected chi connectivity index (χ4v) is 7.48. The minimum Gasteiger partial charge on any atom is -0.457 e. The third-order valence-corrected chi connectivity index (χ3v) is 9.72. The van der Waals surface area contributed by atoms with Crippen molar-refractivity contribution in [2.75, 3.05) is 0 Å². The van der Waals surface area contributed by atoms with Crippen LogP contribution in [0.5, 0.6) is 11.5 Å². The average Bonchev–Trinajstić information content (AvgIpc) is 3.58. The zero-order valence-corrected chi connectivity index (χ0v) is 30.2. The van der Waals surface area contributed by atoms with E-state index in [-0.39, 0.29) is 5.92 Å². The van der Waals surface area contributed by atoms with E-state index in [1.807, 2.05) is 6.20 Å². The quantitative estimate of drug-likeness (QED) is 0.165. The molecule has 0 unspecified atom stereocenters. The molecule has 0 atom stereocenters. The summed E-state index contributed by atoms with van der Waals surface area (Å²) in [7, 11) is 0. The fourth-order valence-electron chi connectivity index (χ4n) is 7.48. The highest BCUT2D eigenvalue weighted by Crippen LogP contribution is 2.40. The SMILES string of the molecule is CCc1ccnc(-n2c3ccccc3c3ccc(Oc4cc(C(C)C)cc(-n5nc(C)c(-c6c(C)cc(C)cc6C)c5C(C)C)c4)cc32)c1. The highest BCUT2D eigenvalue weighted by atomic mass is 16.5. The minimum atomic E-state index is 0.257. The maximum atomic E-state index is 6.77. The highest BCUT2D eigenvalue weighted by Gasteiger charge is 2.24. The summed E-state index contributed by atoms with van der Waals surface area (Å²) >= 11 is 0. The van der Waals surface area contributed by atoms with Gasteiger partial charge >= 0.3 is 0 Å². The van der Waals surface area contributed by atoms with E-state index >= 15 is 0 Å². The lowest BCUT2D eigenvalue weighted by molar-refractivity contribution is 0.481. The molecule has 7 aromatic rings. The van der Waals surface area contributed by atoms with Crippen LogP contribution >= 0.6 is 0 Å². The third-order valence-electron chi connectivity index (χ3n) is 9.72. The second kappa shape index (κ2) is 12.7. The van der Waals surface area contributed by atoms with Gasteiger partial charge in [-0.2, -0.15) is 5.10 Å². The molecule has 0 spiro atoms. The summed E-state index contributed by atoms with van der Waals surface area (Å²) in [6.45, 7) is 19.9. The minimum absolute atomic E-state index is 0.257. The second-order valence-corrected chi connectivity index (χ2v) is 14.1. The van der Waals surface area contributed by atoms with E-state index in [0.717, 1.165) is 46.2 Å². The normalized spacial score (nSPS) is 11.8. The van der Waals surface area contributed by atoms with Gasteiger partial charge in [-0.05, 0) is 116 Å². The van der Waals surface area contributed by atoms with Crippen molar-refractivity contribution in [3.63, 3.8) is 0 Å². The second-order valence-electron chi connectivity index (χ2n) is 14.1. The van der Waals surface area contributed by atoms with Crippen molar-refractivity contribution in [3.8, 4) is 34.1 Å². The fraction of sp³-hybridized carbons (Fsp3) is 0.273. The third kappa shape index (κ3) is 5.82. The Labute approximate surface area is 290 Å². The average molecular weight is 647 g/mol. The molecule has 0 saturated heterocycles. The van der Waals surface area contributed by atoms with Crippen molar-refractivity contribution in [2.45, 2.75) is 80.6 Å². The summed E-state index contributed by atoms with van der Waals surface area (Å²) in [5.41, 5.74) is 14.3. The molecule has 0 radical (unpaired) electrons. The van der Waals surface area contributed by atoms with E-state index in [0.29, 0.717) is 5.92 Å². The molecule has 3 aromatic heterocycles. The molecular formula is C44H46N4O. The Bertz CT molecular complexity index is 2330. The van der Waals surface area contributed by atoms with Crippen LogP contribution in [0.4, 0.5) is 0 Å². The van der Waals surface area contributed by atoms with Crippen LogP contribution in [-0.4, -0.2) is 19.3 Å². The van der Waals surface area contributed by atoms with Crippen LogP contribution in [0, 0.1) is 27.7 Å². The Morgan fingerprint density at radius 3 is 2.14 bits per heavy atom. The molecule has 248 valence electrons. The van der Waals surface area contributed by atoms with Crippen LogP contribution in [0.25, 0.3) is 44.4 Å². The Hall–Kier alpha value is -5.16. The Balaban J connectivity index is 1.37. The zero-order valence-electron chi connectivity index (χ0n) is 30.2. The van der Waals surface area contributed by atoms with Gasteiger partial charge in [0.05, 0.1) is 28.1 Å². The molecule has 0 aliphatic heterocycles. The number of hydrogen-bond acceptors (Lipinski definition) is 3. The lowest BCUT2D eigenvalue weighted by atomic mass is 9.90. The molecule has 3 heterocycles. The van der Waals surface area contributed by atoms with Gasteiger partial charge in [-0.1, -0.05) is 70.5 Å². The predicted molar refractivity (Wildman–Crippen MR) is 204 cm³/mol. The van der Waals surface area contributed by atoms with E-state index in [9.17, 15) is 0 Å². The van der Waals surface area contributed by atoms with Crippen LogP contribution in [0.15, 0.2) is 91.1 Å². The van der Waals surface area contributed by atoms with Gasteiger partial charge in [-0.15, -0.1) is 0 Å². The van der Waals surface area contributed by atoms with E-state index in [1.54, 1.807) is 0 Å². The lowest BCUT2D eigenvalue weighted by Gasteiger charge is -2.18. The molecule has 5 heteroatoms. The van der Waals surface area contributed by atoms with Crippen molar-refractivity contribution >= 4 is 21.8 Å². The van der Waals surface area contributed by atoms with Gasteiger partial charge in [0.2, 0.25) is 0 Å². The highest BCUT2D eigenvalue weighted by molar-refractivity contribution is 6.09. The largest absolute Gasteiger partial charge is 0.457 e. The van der Waals surface area contributed by atoms with Gasteiger partial charge in [0.15, 0.2) is 0 Å². The zero-order chi connectivity index (χ0) is 34.6. The summed E-state index contributed by atoms with van der Waals surface area (Å²) < 4.78 is 11.2. The summed E-state index contributed by atoms with van der Waals surface area (Å²) in [6.07, 6.45) is 2.86. The van der Waals surface area contributed by atoms with Crippen LogP contribution in [-0.2, 0) is 6.42 Å². The summed E-state index contributed by atoms with van der Waals surface area (Å²) in [5.74, 6) is 3.05. The number of pyridine rings is 1. The van der Waals surface area contributed by atoms with Crippen molar-refractivity contribution in [3.05, 3.63) is 130 Å². The van der Waals surface area contributed by atoms with Crippen molar-refractivity contribution in [2.24, 2.45) is 0 Å². The summed E-state index contributed by atoms with van der Waals surface area (Å²) in [6, 6.07) is 30.3. The molecular weight excluding hydrogens is 601 g/mol. The number of aryl methyl sites for hydroxylation is 5. The first-order valence-corrected chi connectivity index (χ1v) is 17.5. The number of ether oxygens (including phenoxy) is 1.